The lowest BCUT2D eigenvalue weighted by molar-refractivity contribution is 0.185. The van der Waals surface area contributed by atoms with Gasteiger partial charge in [-0.15, -0.1) is 0 Å². The van der Waals surface area contributed by atoms with Gasteiger partial charge in [0.25, 0.3) is 0 Å². The Hall–Kier alpha value is -0.120. The molecular formula is C44H95N3. The smallest absolute Gasteiger partial charge is 0.00385 e. The minimum atomic E-state index is 0. The van der Waals surface area contributed by atoms with Crippen molar-refractivity contribution >= 4 is 0 Å². The van der Waals surface area contributed by atoms with E-state index in [-0.39, 0.29) is 14.9 Å². The highest BCUT2D eigenvalue weighted by Crippen LogP contribution is 2.30. The molecule has 0 unspecified atom stereocenters. The first-order chi connectivity index (χ1) is 21.5. The molecule has 3 heterocycles. The summed E-state index contributed by atoms with van der Waals surface area (Å²) < 4.78 is 0. The third kappa shape index (κ3) is 24.6. The van der Waals surface area contributed by atoms with Crippen molar-refractivity contribution in [2.75, 3.05) is 39.3 Å². The number of hydrogen-bond donors (Lipinski definition) is 0. The van der Waals surface area contributed by atoms with Crippen LogP contribution in [0.4, 0.5) is 0 Å². The van der Waals surface area contributed by atoms with E-state index in [1.807, 2.05) is 0 Å². The van der Waals surface area contributed by atoms with Crippen LogP contribution in [0, 0.1) is 23.7 Å². The largest absolute Gasteiger partial charge is 0.301 e. The third-order valence-electron chi connectivity index (χ3n) is 11.5. The second-order valence-corrected chi connectivity index (χ2v) is 16.9. The highest BCUT2D eigenvalue weighted by atomic mass is 15.2. The van der Waals surface area contributed by atoms with Gasteiger partial charge in [0, 0.05) is 18.1 Å². The number of nitrogens with zero attached hydrogens (tertiary/aromatic N) is 3. The van der Waals surface area contributed by atoms with Gasteiger partial charge in [-0.05, 0) is 143 Å². The molecule has 5 rings (SSSR count). The average Bonchev–Trinajstić information content (AvgIpc) is 3.08. The molecule has 3 nitrogen and oxygen atoms in total. The molecule has 3 heteroatoms. The molecule has 0 bridgehead atoms. The maximum absolute atomic E-state index is 2.56. The van der Waals surface area contributed by atoms with Crippen molar-refractivity contribution in [3.63, 3.8) is 0 Å². The fourth-order valence-corrected chi connectivity index (χ4v) is 7.91. The zero-order valence-electron chi connectivity index (χ0n) is 33.1. The van der Waals surface area contributed by atoms with Gasteiger partial charge in [0.05, 0.1) is 0 Å². The van der Waals surface area contributed by atoms with E-state index in [1.54, 1.807) is 0 Å². The molecule has 2 aliphatic carbocycles. The molecule has 0 N–H and O–H groups in total. The molecule has 47 heavy (non-hydrogen) atoms. The van der Waals surface area contributed by atoms with Crippen molar-refractivity contribution in [2.24, 2.45) is 23.7 Å². The lowest BCUT2D eigenvalue weighted by Gasteiger charge is -2.29. The summed E-state index contributed by atoms with van der Waals surface area (Å²) in [5.41, 5.74) is 0. The summed E-state index contributed by atoms with van der Waals surface area (Å²) in [5, 5.41) is 0. The van der Waals surface area contributed by atoms with E-state index in [2.05, 4.69) is 83.9 Å². The van der Waals surface area contributed by atoms with Crippen molar-refractivity contribution < 1.29 is 0 Å². The standard InChI is InChI=1S/2C9H18.3C8H17N.2CH4/c5*1-8(2)9-6-4-3-5-7-9;;/h2*8-9H,3-7H2,1-2H3;3*8H,3-7H2,1-2H3;2*1H4. The van der Waals surface area contributed by atoms with E-state index in [0.29, 0.717) is 0 Å². The molecule has 0 amide bonds. The van der Waals surface area contributed by atoms with Gasteiger partial charge in [0.15, 0.2) is 0 Å². The molecule has 0 aromatic carbocycles. The summed E-state index contributed by atoms with van der Waals surface area (Å²) in [6, 6.07) is 2.31. The lowest BCUT2D eigenvalue weighted by Crippen LogP contribution is -2.35. The van der Waals surface area contributed by atoms with Gasteiger partial charge in [-0.1, -0.05) is 126 Å². The van der Waals surface area contributed by atoms with Crippen LogP contribution < -0.4 is 0 Å². The first-order valence-corrected chi connectivity index (χ1v) is 20.7. The molecule has 0 radical (unpaired) electrons. The van der Waals surface area contributed by atoms with Crippen molar-refractivity contribution in [3.05, 3.63) is 0 Å². The Labute approximate surface area is 301 Å². The summed E-state index contributed by atoms with van der Waals surface area (Å²) in [6.45, 7) is 31.1. The molecule has 286 valence electrons. The Balaban J connectivity index is 0. The third-order valence-corrected chi connectivity index (χ3v) is 11.5. The van der Waals surface area contributed by atoms with Crippen LogP contribution in [-0.2, 0) is 0 Å². The second kappa shape index (κ2) is 30.7. The van der Waals surface area contributed by atoms with Gasteiger partial charge < -0.3 is 14.7 Å². The maximum atomic E-state index is 2.56. The average molecular weight is 666 g/mol. The van der Waals surface area contributed by atoms with E-state index in [0.717, 1.165) is 41.8 Å². The molecule has 3 aliphatic heterocycles. The Morgan fingerprint density at radius 3 is 0.617 bits per heavy atom. The molecule has 0 aromatic rings. The van der Waals surface area contributed by atoms with Gasteiger partial charge in [-0.25, -0.2) is 0 Å². The van der Waals surface area contributed by atoms with Gasteiger partial charge in [0.1, 0.15) is 0 Å². The summed E-state index contributed by atoms with van der Waals surface area (Å²) >= 11 is 0. The first kappa shape index (κ1) is 49.0. The summed E-state index contributed by atoms with van der Waals surface area (Å²) in [5.74, 6) is 3.98. The fourth-order valence-electron chi connectivity index (χ4n) is 7.91. The molecule has 0 aromatic heterocycles. The van der Waals surface area contributed by atoms with Crippen molar-refractivity contribution in [3.8, 4) is 0 Å². The fraction of sp³-hybridized carbons (Fsp3) is 1.00. The summed E-state index contributed by atoms with van der Waals surface area (Å²) in [6.07, 6.45) is 27.8. The van der Waals surface area contributed by atoms with Crippen LogP contribution in [0.3, 0.4) is 0 Å². The zero-order valence-corrected chi connectivity index (χ0v) is 33.1. The Morgan fingerprint density at radius 2 is 0.489 bits per heavy atom. The molecule has 2 saturated carbocycles. The number of piperidine rings is 3. The monoisotopic (exact) mass is 666 g/mol. The van der Waals surface area contributed by atoms with Crippen LogP contribution in [0.15, 0.2) is 0 Å². The number of likely N-dealkylation sites (tertiary alicyclic amines) is 3. The van der Waals surface area contributed by atoms with Gasteiger partial charge in [0.2, 0.25) is 0 Å². The summed E-state index contributed by atoms with van der Waals surface area (Å²) in [7, 11) is 0. The first-order valence-electron chi connectivity index (χ1n) is 20.7. The normalized spacial score (nSPS) is 22.0. The molecular weight excluding hydrogens is 571 g/mol. The van der Waals surface area contributed by atoms with E-state index in [9.17, 15) is 0 Å². The molecule has 0 spiro atoms. The Bertz CT molecular complexity index is 484. The lowest BCUT2D eigenvalue weighted by atomic mass is 9.82. The van der Waals surface area contributed by atoms with E-state index in [4.69, 9.17) is 0 Å². The highest BCUT2D eigenvalue weighted by molar-refractivity contribution is 4.70. The highest BCUT2D eigenvalue weighted by Gasteiger charge is 2.17. The van der Waals surface area contributed by atoms with Crippen molar-refractivity contribution in [1.29, 1.82) is 0 Å². The van der Waals surface area contributed by atoms with Crippen LogP contribution in [0.1, 0.15) is 206 Å². The van der Waals surface area contributed by atoms with E-state index in [1.165, 1.54) is 161 Å². The quantitative estimate of drug-likeness (QED) is 0.289. The van der Waals surface area contributed by atoms with Crippen LogP contribution in [0.5, 0.6) is 0 Å². The minimum absolute atomic E-state index is 0. The number of hydrogen-bond acceptors (Lipinski definition) is 3. The number of rotatable bonds is 5. The topological polar surface area (TPSA) is 9.72 Å². The second-order valence-electron chi connectivity index (χ2n) is 16.9. The molecule has 5 fully saturated rings. The van der Waals surface area contributed by atoms with E-state index < -0.39 is 0 Å². The van der Waals surface area contributed by atoms with Crippen LogP contribution >= 0.6 is 0 Å². The van der Waals surface area contributed by atoms with Crippen molar-refractivity contribution in [1.82, 2.24) is 14.7 Å². The maximum Gasteiger partial charge on any atom is 0.00385 e. The van der Waals surface area contributed by atoms with Crippen LogP contribution in [0.2, 0.25) is 0 Å². The Morgan fingerprint density at radius 1 is 0.298 bits per heavy atom. The van der Waals surface area contributed by atoms with Crippen LogP contribution in [-0.4, -0.2) is 72.1 Å². The van der Waals surface area contributed by atoms with E-state index >= 15 is 0 Å². The zero-order chi connectivity index (χ0) is 33.5. The predicted molar refractivity (Wildman–Crippen MR) is 218 cm³/mol. The minimum Gasteiger partial charge on any atom is -0.301 e. The SMILES string of the molecule is C.C.CC(C)C1CCCCC1.CC(C)C1CCCCC1.CC(C)N1CCCCC1.CC(C)N1CCCCC1.CC(C)N1CCCCC1. The molecule has 5 aliphatic rings. The Kier molecular flexibility index (Phi) is 32.0. The van der Waals surface area contributed by atoms with Gasteiger partial charge in [-0.3, -0.25) is 0 Å². The van der Waals surface area contributed by atoms with Crippen LogP contribution in [0.25, 0.3) is 0 Å². The van der Waals surface area contributed by atoms with Gasteiger partial charge >= 0.3 is 0 Å². The molecule has 0 atom stereocenters. The summed E-state index contributed by atoms with van der Waals surface area (Å²) in [4.78, 5) is 7.68. The molecule has 3 saturated heterocycles. The predicted octanol–water partition coefficient (Wildman–Crippen LogP) is 13.4. The van der Waals surface area contributed by atoms with Gasteiger partial charge in [-0.2, -0.15) is 0 Å². The van der Waals surface area contributed by atoms with Crippen molar-refractivity contribution in [2.45, 2.75) is 224 Å².